The highest BCUT2D eigenvalue weighted by molar-refractivity contribution is 5.67. The fourth-order valence-electron chi connectivity index (χ4n) is 4.30. The van der Waals surface area contributed by atoms with Gasteiger partial charge in [0.25, 0.3) is 0 Å². The highest BCUT2D eigenvalue weighted by atomic mass is 16.5. The summed E-state index contributed by atoms with van der Waals surface area (Å²) in [5, 5.41) is 10.8. The smallest absolute Gasteiger partial charge is 0.302 e. The van der Waals surface area contributed by atoms with Gasteiger partial charge >= 0.3 is 11.9 Å². The molecule has 1 aliphatic rings. The molecule has 0 radical (unpaired) electrons. The summed E-state index contributed by atoms with van der Waals surface area (Å²) >= 11 is 0. The van der Waals surface area contributed by atoms with Crippen LogP contribution in [0.15, 0.2) is 23.8 Å². The van der Waals surface area contributed by atoms with E-state index in [0.717, 1.165) is 36.0 Å². The van der Waals surface area contributed by atoms with Crippen LogP contribution in [0.4, 0.5) is 0 Å². The molecule has 0 bridgehead atoms. The van der Waals surface area contributed by atoms with Crippen molar-refractivity contribution >= 4 is 11.9 Å². The molecular weight excluding hydrogens is 368 g/mol. The molecule has 160 valence electrons. The average molecular weight is 403 g/mol. The van der Waals surface area contributed by atoms with Gasteiger partial charge in [0.1, 0.15) is 18.5 Å². The van der Waals surface area contributed by atoms with Crippen molar-refractivity contribution in [2.75, 3.05) is 0 Å². The Kier molecular flexibility index (Phi) is 7.88. The van der Waals surface area contributed by atoms with Gasteiger partial charge in [-0.25, -0.2) is 0 Å². The average Bonchev–Trinajstić information content (AvgIpc) is 2.61. The number of esters is 2. The van der Waals surface area contributed by atoms with E-state index in [1.54, 1.807) is 6.07 Å². The van der Waals surface area contributed by atoms with Crippen molar-refractivity contribution < 1.29 is 24.2 Å². The van der Waals surface area contributed by atoms with E-state index in [9.17, 15) is 14.7 Å². The predicted molar refractivity (Wildman–Crippen MR) is 113 cm³/mol. The molecule has 2 rings (SSSR count). The van der Waals surface area contributed by atoms with Crippen LogP contribution in [0.1, 0.15) is 89.3 Å². The molecule has 1 N–H and O–H groups in total. The summed E-state index contributed by atoms with van der Waals surface area (Å²) < 4.78 is 10.8. The van der Waals surface area contributed by atoms with Gasteiger partial charge in [0.15, 0.2) is 0 Å². The highest BCUT2D eigenvalue weighted by Gasteiger charge is 2.38. The van der Waals surface area contributed by atoms with Gasteiger partial charge in [-0.1, -0.05) is 31.6 Å². The van der Waals surface area contributed by atoms with Gasteiger partial charge in [-0.15, -0.1) is 0 Å². The third-order valence-electron chi connectivity index (χ3n) is 5.77. The van der Waals surface area contributed by atoms with Crippen molar-refractivity contribution in [2.24, 2.45) is 5.92 Å². The second-order valence-electron chi connectivity index (χ2n) is 8.51. The Morgan fingerprint density at radius 3 is 2.48 bits per heavy atom. The van der Waals surface area contributed by atoms with E-state index in [2.05, 4.69) is 26.8 Å². The summed E-state index contributed by atoms with van der Waals surface area (Å²) in [6, 6.07) is 3.69. The van der Waals surface area contributed by atoms with Crippen LogP contribution in [0.2, 0.25) is 0 Å². The lowest BCUT2D eigenvalue weighted by molar-refractivity contribution is -0.148. The number of carbonyl (C=O) groups is 2. The van der Waals surface area contributed by atoms with Gasteiger partial charge in [0.05, 0.1) is 0 Å². The second kappa shape index (κ2) is 9.95. The van der Waals surface area contributed by atoms with Crippen LogP contribution in [0.5, 0.6) is 5.75 Å². The Balaban J connectivity index is 2.40. The second-order valence-corrected chi connectivity index (χ2v) is 8.51. The first-order chi connectivity index (χ1) is 13.6. The Hall–Kier alpha value is -2.30. The fourth-order valence-corrected chi connectivity index (χ4v) is 4.30. The molecule has 0 saturated carbocycles. The van der Waals surface area contributed by atoms with E-state index in [1.165, 1.54) is 19.4 Å². The molecule has 5 nitrogen and oxygen atoms in total. The molecule has 5 heteroatoms. The van der Waals surface area contributed by atoms with E-state index >= 15 is 0 Å². The largest absolute Gasteiger partial charge is 0.508 e. The molecule has 0 heterocycles. The third-order valence-corrected chi connectivity index (χ3v) is 5.77. The van der Waals surface area contributed by atoms with Crippen molar-refractivity contribution in [3.63, 3.8) is 0 Å². The van der Waals surface area contributed by atoms with Crippen LogP contribution in [-0.2, 0) is 25.7 Å². The molecule has 29 heavy (non-hydrogen) atoms. The van der Waals surface area contributed by atoms with Crippen LogP contribution < -0.4 is 0 Å². The number of rotatable bonds is 7. The standard InChI is InChI=1S/C24H34O5/c1-14(2)8-7-9-15(3)20-12-23(29-18(6)26)16(4)24-21(20)10-19(11-22(24)27)13-28-17(5)25/h8,10-11,15-16,20,23,27H,7,9,12-13H2,1-6H3/t15?,16-,20+,23+/m1/s1. The Labute approximate surface area is 174 Å². The quantitative estimate of drug-likeness (QED) is 0.491. The predicted octanol–water partition coefficient (Wildman–Crippen LogP) is 5.36. The first kappa shape index (κ1) is 23.0. The lowest BCUT2D eigenvalue weighted by atomic mass is 9.69. The van der Waals surface area contributed by atoms with Crippen LogP contribution >= 0.6 is 0 Å². The summed E-state index contributed by atoms with van der Waals surface area (Å²) in [4.78, 5) is 22.8. The summed E-state index contributed by atoms with van der Waals surface area (Å²) in [5.74, 6) is -0.0738. The number of allylic oxidation sites excluding steroid dienone is 2. The number of ether oxygens (including phenoxy) is 2. The van der Waals surface area contributed by atoms with Crippen molar-refractivity contribution in [1.82, 2.24) is 0 Å². The molecule has 1 aromatic carbocycles. The molecule has 0 aromatic heterocycles. The number of phenolic OH excluding ortho intramolecular Hbond substituents is 1. The molecular formula is C24H34O5. The Morgan fingerprint density at radius 1 is 1.21 bits per heavy atom. The SMILES string of the molecule is CC(=O)OCc1cc(O)c2c(c1)[C@H](C(C)CCC=C(C)C)C[C@H](OC(C)=O)[C@H]2C. The van der Waals surface area contributed by atoms with E-state index in [0.29, 0.717) is 5.92 Å². The van der Waals surface area contributed by atoms with E-state index in [-0.39, 0.29) is 42.2 Å². The zero-order valence-electron chi connectivity index (χ0n) is 18.5. The molecule has 1 aromatic rings. The third kappa shape index (κ3) is 6.09. The lowest BCUT2D eigenvalue weighted by Gasteiger charge is -2.39. The number of fused-ring (bicyclic) bond motifs is 1. The number of phenols is 1. The highest BCUT2D eigenvalue weighted by Crippen LogP contribution is 2.48. The minimum Gasteiger partial charge on any atom is -0.508 e. The van der Waals surface area contributed by atoms with E-state index < -0.39 is 0 Å². The van der Waals surface area contributed by atoms with Crippen molar-refractivity contribution in [1.29, 1.82) is 0 Å². The maximum Gasteiger partial charge on any atom is 0.302 e. The molecule has 0 aliphatic heterocycles. The molecule has 0 amide bonds. The maximum atomic E-state index is 11.6. The first-order valence-corrected chi connectivity index (χ1v) is 10.4. The lowest BCUT2D eigenvalue weighted by Crippen LogP contribution is -2.33. The van der Waals surface area contributed by atoms with Crippen molar-refractivity contribution in [3.05, 3.63) is 40.5 Å². The maximum absolute atomic E-state index is 11.6. The monoisotopic (exact) mass is 402 g/mol. The minimum absolute atomic E-state index is 0.0992. The van der Waals surface area contributed by atoms with Crippen LogP contribution in [0.3, 0.4) is 0 Å². The van der Waals surface area contributed by atoms with Gasteiger partial charge in [-0.05, 0) is 62.1 Å². The number of benzene rings is 1. The van der Waals surface area contributed by atoms with Crippen LogP contribution in [0.25, 0.3) is 0 Å². The van der Waals surface area contributed by atoms with Crippen LogP contribution in [0, 0.1) is 5.92 Å². The van der Waals surface area contributed by atoms with E-state index in [1.807, 2.05) is 13.0 Å². The fraction of sp³-hybridized carbons (Fsp3) is 0.583. The van der Waals surface area contributed by atoms with Crippen LogP contribution in [-0.4, -0.2) is 23.1 Å². The number of carbonyl (C=O) groups excluding carboxylic acids is 2. The summed E-state index contributed by atoms with van der Waals surface area (Å²) in [6.07, 6.45) is 4.69. The zero-order chi connectivity index (χ0) is 21.7. The molecule has 0 spiro atoms. The normalized spacial score (nSPS) is 21.7. The van der Waals surface area contributed by atoms with Gasteiger partial charge in [-0.3, -0.25) is 9.59 Å². The summed E-state index contributed by atoms with van der Waals surface area (Å²) in [6.45, 7) is 11.3. The molecule has 4 atom stereocenters. The minimum atomic E-state index is -0.350. The molecule has 0 fully saturated rings. The Bertz CT molecular complexity index is 776. The summed E-state index contributed by atoms with van der Waals surface area (Å²) in [7, 11) is 0. The van der Waals surface area contributed by atoms with Crippen molar-refractivity contribution in [2.45, 2.75) is 85.4 Å². The molecule has 0 saturated heterocycles. The van der Waals surface area contributed by atoms with Gasteiger partial charge in [-0.2, -0.15) is 0 Å². The molecule has 1 aliphatic carbocycles. The van der Waals surface area contributed by atoms with E-state index in [4.69, 9.17) is 9.47 Å². The zero-order valence-corrected chi connectivity index (χ0v) is 18.5. The van der Waals surface area contributed by atoms with Gasteiger partial charge in [0, 0.05) is 25.3 Å². The number of aromatic hydroxyl groups is 1. The Morgan fingerprint density at radius 2 is 1.90 bits per heavy atom. The topological polar surface area (TPSA) is 72.8 Å². The van der Waals surface area contributed by atoms with Gasteiger partial charge < -0.3 is 14.6 Å². The van der Waals surface area contributed by atoms with Gasteiger partial charge in [0.2, 0.25) is 0 Å². The summed E-state index contributed by atoms with van der Waals surface area (Å²) in [5.41, 5.74) is 3.99. The number of hydrogen-bond acceptors (Lipinski definition) is 5. The van der Waals surface area contributed by atoms with Crippen molar-refractivity contribution in [3.8, 4) is 5.75 Å². The first-order valence-electron chi connectivity index (χ1n) is 10.4. The number of hydrogen-bond donors (Lipinski definition) is 1. The molecule has 1 unspecified atom stereocenters.